The molecule has 0 spiro atoms. The summed E-state index contributed by atoms with van der Waals surface area (Å²) in [5.74, 6) is 1.57. The number of aryl methyl sites for hydroxylation is 1. The van der Waals surface area contributed by atoms with Crippen LogP contribution in [-0.4, -0.2) is 20.2 Å². The zero-order valence-corrected chi connectivity index (χ0v) is 8.22. The van der Waals surface area contributed by atoms with Crippen LogP contribution in [-0.2, 0) is 18.3 Å². The predicted molar refractivity (Wildman–Crippen MR) is 48.8 cm³/mol. The lowest BCUT2D eigenvalue weighted by atomic mass is 10.0. The molecule has 0 aliphatic heterocycles. The van der Waals surface area contributed by atoms with E-state index >= 15 is 0 Å². The minimum Gasteiger partial charge on any atom is -0.211 e. The molecule has 0 N–H and O–H groups in total. The minimum atomic E-state index is -0.368. The van der Waals surface area contributed by atoms with Crippen LogP contribution in [0.5, 0.6) is 0 Å². The van der Waals surface area contributed by atoms with Gasteiger partial charge >= 0.3 is 0 Å². The van der Waals surface area contributed by atoms with Crippen molar-refractivity contribution in [3.8, 4) is 0 Å². The molecule has 1 radical (unpaired) electrons. The Bertz CT molecular complexity index is 280. The first-order chi connectivity index (χ1) is 6.90. The van der Waals surface area contributed by atoms with Crippen molar-refractivity contribution in [3.63, 3.8) is 0 Å². The molecule has 2 rings (SSSR count). The maximum Gasteiger partial charge on any atom is 0.178 e. The maximum atomic E-state index is 10.6. The van der Waals surface area contributed by atoms with Crippen molar-refractivity contribution in [3.05, 3.63) is 5.82 Å². The van der Waals surface area contributed by atoms with Gasteiger partial charge in [-0.25, -0.2) is 9.79 Å². The molecule has 5 heteroatoms. The van der Waals surface area contributed by atoms with Crippen molar-refractivity contribution < 1.29 is 5.11 Å². The highest BCUT2D eigenvalue weighted by Crippen LogP contribution is 2.28. The van der Waals surface area contributed by atoms with Crippen molar-refractivity contribution in [2.45, 2.75) is 45.3 Å². The summed E-state index contributed by atoms with van der Waals surface area (Å²) in [6, 6.07) is 0. The topological polar surface area (TPSA) is 63.5 Å². The van der Waals surface area contributed by atoms with Gasteiger partial charge in [0.05, 0.1) is 0 Å². The van der Waals surface area contributed by atoms with Crippen LogP contribution in [0.2, 0.25) is 0 Å². The van der Waals surface area contributed by atoms with Crippen molar-refractivity contribution >= 4 is 0 Å². The van der Waals surface area contributed by atoms with Crippen LogP contribution in [0.3, 0.4) is 0 Å². The average Bonchev–Trinajstić information content (AvgIpc) is 2.85. The van der Waals surface area contributed by atoms with E-state index in [9.17, 15) is 5.11 Å². The number of tetrazole rings is 1. The summed E-state index contributed by atoms with van der Waals surface area (Å²) in [6.07, 6.45) is 7.35. The fourth-order valence-electron chi connectivity index (χ4n) is 2.13. The molecule has 0 aromatic carbocycles. The van der Waals surface area contributed by atoms with Crippen LogP contribution in [0.4, 0.5) is 0 Å². The fourth-order valence-corrected chi connectivity index (χ4v) is 2.13. The quantitative estimate of drug-likeness (QED) is 0.724. The SMILES string of the molecule is [O]Cn1nnnc1CCC1CCCC1. The van der Waals surface area contributed by atoms with Gasteiger partial charge in [0.25, 0.3) is 0 Å². The third kappa shape index (κ3) is 2.09. The van der Waals surface area contributed by atoms with Gasteiger partial charge in [0.1, 0.15) is 0 Å². The van der Waals surface area contributed by atoms with Crippen LogP contribution in [0.25, 0.3) is 0 Å². The Kier molecular flexibility index (Phi) is 3.08. The summed E-state index contributed by atoms with van der Waals surface area (Å²) in [5, 5.41) is 21.6. The van der Waals surface area contributed by atoms with E-state index in [1.54, 1.807) is 0 Å². The first kappa shape index (κ1) is 9.58. The number of aromatic nitrogens is 4. The van der Waals surface area contributed by atoms with Crippen molar-refractivity contribution in [1.82, 2.24) is 20.2 Å². The molecule has 0 atom stereocenters. The molecule has 1 heterocycles. The van der Waals surface area contributed by atoms with Gasteiger partial charge in [-0.1, -0.05) is 25.7 Å². The molecule has 0 bridgehead atoms. The lowest BCUT2D eigenvalue weighted by Gasteiger charge is -2.06. The molecule has 0 amide bonds. The highest BCUT2D eigenvalue weighted by molar-refractivity contribution is 4.82. The number of rotatable bonds is 4. The molecule has 1 fully saturated rings. The second-order valence-corrected chi connectivity index (χ2v) is 3.91. The average molecular weight is 195 g/mol. The van der Waals surface area contributed by atoms with Crippen LogP contribution < -0.4 is 0 Å². The summed E-state index contributed by atoms with van der Waals surface area (Å²) in [5.41, 5.74) is 0. The monoisotopic (exact) mass is 195 g/mol. The Morgan fingerprint density at radius 1 is 1.36 bits per heavy atom. The van der Waals surface area contributed by atoms with Gasteiger partial charge in [0, 0.05) is 6.42 Å². The summed E-state index contributed by atoms with van der Waals surface area (Å²) in [6.45, 7) is -0.368. The van der Waals surface area contributed by atoms with E-state index in [2.05, 4.69) is 15.5 Å². The van der Waals surface area contributed by atoms with E-state index in [1.165, 1.54) is 30.4 Å². The zero-order chi connectivity index (χ0) is 9.80. The standard InChI is InChI=1S/C9H15N4O/c14-7-13-9(10-11-12-13)6-5-8-3-1-2-4-8/h8H,1-7H2. The summed E-state index contributed by atoms with van der Waals surface area (Å²) in [4.78, 5) is 0. The Balaban J connectivity index is 1.84. The molecule has 1 aromatic rings. The van der Waals surface area contributed by atoms with E-state index in [4.69, 9.17) is 0 Å². The molecule has 5 nitrogen and oxygen atoms in total. The molecule has 0 saturated heterocycles. The Morgan fingerprint density at radius 2 is 2.14 bits per heavy atom. The number of hydrogen-bond acceptors (Lipinski definition) is 3. The first-order valence-corrected chi connectivity index (χ1v) is 5.23. The van der Waals surface area contributed by atoms with Gasteiger partial charge in [0.2, 0.25) is 0 Å². The summed E-state index contributed by atoms with van der Waals surface area (Å²) >= 11 is 0. The Labute approximate surface area is 83.1 Å². The van der Waals surface area contributed by atoms with Gasteiger partial charge in [-0.05, 0) is 22.8 Å². The molecule has 77 valence electrons. The Hall–Kier alpha value is -0.970. The van der Waals surface area contributed by atoms with Gasteiger partial charge in [-0.15, -0.1) is 5.10 Å². The highest BCUT2D eigenvalue weighted by atomic mass is 16.3. The zero-order valence-electron chi connectivity index (χ0n) is 8.22. The van der Waals surface area contributed by atoms with Crippen molar-refractivity contribution in [1.29, 1.82) is 0 Å². The van der Waals surface area contributed by atoms with Crippen molar-refractivity contribution in [2.24, 2.45) is 5.92 Å². The highest BCUT2D eigenvalue weighted by Gasteiger charge is 2.16. The van der Waals surface area contributed by atoms with Gasteiger partial charge in [0.15, 0.2) is 12.6 Å². The van der Waals surface area contributed by atoms with E-state index in [0.29, 0.717) is 0 Å². The maximum absolute atomic E-state index is 10.6. The van der Waals surface area contributed by atoms with Gasteiger partial charge in [-0.3, -0.25) is 0 Å². The van der Waals surface area contributed by atoms with E-state index in [1.807, 2.05) is 0 Å². The van der Waals surface area contributed by atoms with Crippen LogP contribution in [0.1, 0.15) is 37.9 Å². The summed E-state index contributed by atoms with van der Waals surface area (Å²) in [7, 11) is 0. The molecular weight excluding hydrogens is 180 g/mol. The number of nitrogens with zero attached hydrogens (tertiary/aromatic N) is 4. The molecule has 1 saturated carbocycles. The molecule has 14 heavy (non-hydrogen) atoms. The van der Waals surface area contributed by atoms with Crippen LogP contribution in [0.15, 0.2) is 0 Å². The second-order valence-electron chi connectivity index (χ2n) is 3.91. The van der Waals surface area contributed by atoms with Crippen molar-refractivity contribution in [2.75, 3.05) is 0 Å². The first-order valence-electron chi connectivity index (χ1n) is 5.23. The normalized spacial score (nSPS) is 17.8. The lowest BCUT2D eigenvalue weighted by molar-refractivity contribution is 0.103. The smallest absolute Gasteiger partial charge is 0.178 e. The largest absolute Gasteiger partial charge is 0.211 e. The van der Waals surface area contributed by atoms with Crippen LogP contribution >= 0.6 is 0 Å². The Morgan fingerprint density at radius 3 is 2.86 bits per heavy atom. The van der Waals surface area contributed by atoms with Gasteiger partial charge < -0.3 is 0 Å². The van der Waals surface area contributed by atoms with Gasteiger partial charge in [-0.2, -0.15) is 0 Å². The molecule has 1 aliphatic rings. The third-order valence-corrected chi connectivity index (χ3v) is 2.98. The lowest BCUT2D eigenvalue weighted by Crippen LogP contribution is -2.06. The molecule has 0 unspecified atom stereocenters. The molecule has 1 aromatic heterocycles. The summed E-state index contributed by atoms with van der Waals surface area (Å²) < 4.78 is 1.34. The second kappa shape index (κ2) is 4.50. The molecule has 1 aliphatic carbocycles. The third-order valence-electron chi connectivity index (χ3n) is 2.98. The van der Waals surface area contributed by atoms with E-state index in [0.717, 1.165) is 24.6 Å². The minimum absolute atomic E-state index is 0.368. The predicted octanol–water partition coefficient (Wildman–Crippen LogP) is 1.18. The van der Waals surface area contributed by atoms with E-state index in [-0.39, 0.29) is 6.73 Å². The molecular formula is C9H15N4O. The number of hydrogen-bond donors (Lipinski definition) is 0. The van der Waals surface area contributed by atoms with Crippen LogP contribution in [0, 0.1) is 5.92 Å². The van der Waals surface area contributed by atoms with E-state index < -0.39 is 0 Å². The fraction of sp³-hybridized carbons (Fsp3) is 0.889.